The van der Waals surface area contributed by atoms with E-state index in [9.17, 15) is 19.8 Å². The summed E-state index contributed by atoms with van der Waals surface area (Å²) in [6.45, 7) is 7.14. The number of amides is 1. The SMILES string of the molecule is COc1ccnc(C(=O)NC(C)(C(=O)O)C(C)C(C)c2ccccc2C)c1O. The van der Waals surface area contributed by atoms with E-state index in [1.165, 1.54) is 26.3 Å². The number of carbonyl (C=O) groups excluding carboxylic acids is 1. The zero-order valence-electron chi connectivity index (χ0n) is 16.7. The third-order valence-electron chi connectivity index (χ3n) is 5.48. The molecule has 0 spiro atoms. The Morgan fingerprint density at radius 1 is 1.21 bits per heavy atom. The second-order valence-corrected chi connectivity index (χ2v) is 7.11. The fraction of sp³-hybridized carbons (Fsp3) is 0.381. The molecule has 7 nitrogen and oxygen atoms in total. The predicted molar refractivity (Wildman–Crippen MR) is 105 cm³/mol. The van der Waals surface area contributed by atoms with Crippen LogP contribution >= 0.6 is 0 Å². The number of benzene rings is 1. The summed E-state index contributed by atoms with van der Waals surface area (Å²) in [5.41, 5.74) is 0.186. The van der Waals surface area contributed by atoms with Crippen LogP contribution in [0.2, 0.25) is 0 Å². The molecular formula is C21H26N2O5. The summed E-state index contributed by atoms with van der Waals surface area (Å²) in [6, 6.07) is 9.15. The van der Waals surface area contributed by atoms with Crippen LogP contribution in [0.3, 0.4) is 0 Å². The lowest BCUT2D eigenvalue weighted by atomic mass is 9.75. The number of nitrogens with one attached hydrogen (secondary N) is 1. The maximum absolute atomic E-state index is 12.7. The molecule has 0 aliphatic rings. The average Bonchev–Trinajstić information content (AvgIpc) is 2.67. The van der Waals surface area contributed by atoms with Gasteiger partial charge in [0.1, 0.15) is 5.54 Å². The number of hydrogen-bond acceptors (Lipinski definition) is 5. The molecule has 0 radical (unpaired) electrons. The van der Waals surface area contributed by atoms with Gasteiger partial charge in [-0.25, -0.2) is 9.78 Å². The molecule has 28 heavy (non-hydrogen) atoms. The van der Waals surface area contributed by atoms with E-state index in [4.69, 9.17) is 4.74 Å². The number of aromatic nitrogens is 1. The van der Waals surface area contributed by atoms with Crippen molar-refractivity contribution in [3.05, 3.63) is 53.3 Å². The summed E-state index contributed by atoms with van der Waals surface area (Å²) in [7, 11) is 1.35. The van der Waals surface area contributed by atoms with Crippen LogP contribution < -0.4 is 10.1 Å². The average molecular weight is 386 g/mol. The monoisotopic (exact) mass is 386 g/mol. The molecule has 1 heterocycles. The fourth-order valence-electron chi connectivity index (χ4n) is 3.29. The number of aryl methyl sites for hydroxylation is 1. The van der Waals surface area contributed by atoms with Gasteiger partial charge in [0, 0.05) is 12.3 Å². The second-order valence-electron chi connectivity index (χ2n) is 7.11. The second kappa shape index (κ2) is 8.29. The molecule has 0 aliphatic heterocycles. The minimum absolute atomic E-state index is 0.0819. The van der Waals surface area contributed by atoms with Gasteiger partial charge in [-0.1, -0.05) is 38.1 Å². The van der Waals surface area contributed by atoms with Crippen LogP contribution in [-0.2, 0) is 4.79 Å². The van der Waals surface area contributed by atoms with Gasteiger partial charge in [-0.2, -0.15) is 0 Å². The minimum atomic E-state index is -1.59. The summed E-state index contributed by atoms with van der Waals surface area (Å²) in [4.78, 5) is 28.7. The number of carbonyl (C=O) groups is 2. The highest BCUT2D eigenvalue weighted by Crippen LogP contribution is 2.35. The van der Waals surface area contributed by atoms with Crippen molar-refractivity contribution >= 4 is 11.9 Å². The van der Waals surface area contributed by atoms with Crippen LogP contribution in [0.5, 0.6) is 11.5 Å². The third kappa shape index (κ3) is 3.93. The number of pyridine rings is 1. The van der Waals surface area contributed by atoms with Gasteiger partial charge in [-0.05, 0) is 36.8 Å². The standard InChI is InChI=1S/C21H26N2O5/c1-12-8-6-7-9-15(12)13(2)14(3)21(4,20(26)27)23-19(25)17-18(24)16(28-5)10-11-22-17/h6-11,13-14,24H,1-5H3,(H,23,25)(H,26,27). The Morgan fingerprint density at radius 2 is 1.86 bits per heavy atom. The highest BCUT2D eigenvalue weighted by Gasteiger charge is 2.44. The normalized spacial score (nSPS) is 15.2. The van der Waals surface area contributed by atoms with Crippen LogP contribution in [0.25, 0.3) is 0 Å². The first-order valence-corrected chi connectivity index (χ1v) is 8.96. The number of nitrogens with zero attached hydrogens (tertiary/aromatic N) is 1. The van der Waals surface area contributed by atoms with Gasteiger partial charge in [-0.3, -0.25) is 4.79 Å². The van der Waals surface area contributed by atoms with Crippen LogP contribution in [0.4, 0.5) is 0 Å². The molecule has 3 unspecified atom stereocenters. The van der Waals surface area contributed by atoms with Crippen molar-refractivity contribution in [1.29, 1.82) is 0 Å². The number of carboxylic acid groups (broad SMARTS) is 1. The molecule has 1 amide bonds. The first-order chi connectivity index (χ1) is 13.1. The minimum Gasteiger partial charge on any atom is -0.503 e. The van der Waals surface area contributed by atoms with Gasteiger partial charge < -0.3 is 20.3 Å². The predicted octanol–water partition coefficient (Wildman–Crippen LogP) is 3.12. The van der Waals surface area contributed by atoms with Gasteiger partial charge >= 0.3 is 5.97 Å². The fourth-order valence-corrected chi connectivity index (χ4v) is 3.29. The molecule has 3 N–H and O–H groups in total. The zero-order chi connectivity index (χ0) is 21.1. The number of carboxylic acids is 1. The molecule has 1 aromatic heterocycles. The number of ether oxygens (including phenoxy) is 1. The van der Waals surface area contributed by atoms with E-state index in [1.807, 2.05) is 38.1 Å². The molecule has 0 saturated heterocycles. The molecule has 0 fully saturated rings. The molecule has 0 saturated carbocycles. The van der Waals surface area contributed by atoms with Crippen molar-refractivity contribution in [1.82, 2.24) is 10.3 Å². The van der Waals surface area contributed by atoms with Crippen LogP contribution in [0, 0.1) is 12.8 Å². The number of methoxy groups -OCH3 is 1. The highest BCUT2D eigenvalue weighted by molar-refractivity contribution is 5.98. The Labute approximate surface area is 164 Å². The molecule has 2 aromatic rings. The Morgan fingerprint density at radius 3 is 2.43 bits per heavy atom. The maximum atomic E-state index is 12.7. The zero-order valence-corrected chi connectivity index (χ0v) is 16.7. The number of aromatic hydroxyl groups is 1. The van der Waals surface area contributed by atoms with E-state index in [0.29, 0.717) is 0 Å². The van der Waals surface area contributed by atoms with Gasteiger partial charge in [0.15, 0.2) is 17.2 Å². The van der Waals surface area contributed by atoms with Crippen LogP contribution in [0.1, 0.15) is 48.3 Å². The Kier molecular flexibility index (Phi) is 6.28. The van der Waals surface area contributed by atoms with E-state index < -0.39 is 29.1 Å². The van der Waals surface area contributed by atoms with E-state index in [2.05, 4.69) is 10.3 Å². The van der Waals surface area contributed by atoms with Gasteiger partial charge in [0.05, 0.1) is 7.11 Å². The molecule has 2 rings (SSSR count). The lowest BCUT2D eigenvalue weighted by Crippen LogP contribution is -2.57. The van der Waals surface area contributed by atoms with Crippen molar-refractivity contribution < 1.29 is 24.5 Å². The van der Waals surface area contributed by atoms with Crippen molar-refractivity contribution in [3.8, 4) is 11.5 Å². The Bertz CT molecular complexity index is 883. The van der Waals surface area contributed by atoms with Crippen molar-refractivity contribution in [2.45, 2.75) is 39.2 Å². The van der Waals surface area contributed by atoms with Crippen LogP contribution in [0.15, 0.2) is 36.5 Å². The summed E-state index contributed by atoms with van der Waals surface area (Å²) in [5.74, 6) is -2.91. The summed E-state index contributed by atoms with van der Waals surface area (Å²) < 4.78 is 4.98. The molecule has 150 valence electrons. The number of aliphatic carboxylic acids is 1. The molecule has 1 aromatic carbocycles. The first kappa shape index (κ1) is 21.2. The topological polar surface area (TPSA) is 109 Å². The van der Waals surface area contributed by atoms with Crippen molar-refractivity contribution in [2.24, 2.45) is 5.92 Å². The molecule has 3 atom stereocenters. The maximum Gasteiger partial charge on any atom is 0.329 e. The summed E-state index contributed by atoms with van der Waals surface area (Å²) in [6.07, 6.45) is 1.31. The molecule has 0 bridgehead atoms. The van der Waals surface area contributed by atoms with Crippen molar-refractivity contribution in [2.75, 3.05) is 7.11 Å². The van der Waals surface area contributed by atoms with E-state index in [0.717, 1.165) is 11.1 Å². The summed E-state index contributed by atoms with van der Waals surface area (Å²) >= 11 is 0. The summed E-state index contributed by atoms with van der Waals surface area (Å²) in [5, 5.41) is 22.6. The van der Waals surface area contributed by atoms with E-state index in [1.54, 1.807) is 6.92 Å². The number of hydrogen-bond donors (Lipinski definition) is 3. The highest BCUT2D eigenvalue weighted by atomic mass is 16.5. The van der Waals surface area contributed by atoms with Crippen molar-refractivity contribution in [3.63, 3.8) is 0 Å². The van der Waals surface area contributed by atoms with E-state index >= 15 is 0 Å². The smallest absolute Gasteiger partial charge is 0.329 e. The van der Waals surface area contributed by atoms with E-state index in [-0.39, 0.29) is 17.4 Å². The van der Waals surface area contributed by atoms with Gasteiger partial charge in [0.2, 0.25) is 0 Å². The first-order valence-electron chi connectivity index (χ1n) is 8.96. The quantitative estimate of drug-likeness (QED) is 0.675. The largest absolute Gasteiger partial charge is 0.503 e. The van der Waals surface area contributed by atoms with Gasteiger partial charge in [-0.15, -0.1) is 0 Å². The molecule has 0 aliphatic carbocycles. The lowest BCUT2D eigenvalue weighted by molar-refractivity contribution is -0.146. The van der Waals surface area contributed by atoms with Crippen LogP contribution in [-0.4, -0.2) is 39.7 Å². The lowest BCUT2D eigenvalue weighted by Gasteiger charge is -2.36. The number of rotatable bonds is 7. The molecule has 7 heteroatoms. The van der Waals surface area contributed by atoms with Gasteiger partial charge in [0.25, 0.3) is 5.91 Å². The molecular weight excluding hydrogens is 360 g/mol. The Balaban J connectivity index is 2.37. The Hall–Kier alpha value is -3.09. The third-order valence-corrected chi connectivity index (χ3v) is 5.48.